The van der Waals surface area contributed by atoms with Gasteiger partial charge >= 0.3 is 6.36 Å². The highest BCUT2D eigenvalue weighted by molar-refractivity contribution is 9.08. The molecule has 0 spiro atoms. The minimum atomic E-state index is -4.60. The van der Waals surface area contributed by atoms with Gasteiger partial charge in [-0.25, -0.2) is 0 Å². The normalized spacial score (nSPS) is 11.5. The third-order valence-electron chi connectivity index (χ3n) is 1.67. The SMILES string of the molecule is FC(F)(F)OCCOc1cccc(CBr)c1. The average Bonchev–Trinajstić information content (AvgIpc) is 2.23. The van der Waals surface area contributed by atoms with Crippen LogP contribution in [0.25, 0.3) is 0 Å². The third-order valence-corrected chi connectivity index (χ3v) is 2.32. The number of benzene rings is 1. The van der Waals surface area contributed by atoms with Gasteiger partial charge in [-0.3, -0.25) is 4.74 Å². The lowest BCUT2D eigenvalue weighted by Crippen LogP contribution is -2.18. The summed E-state index contributed by atoms with van der Waals surface area (Å²) in [6.07, 6.45) is -4.60. The van der Waals surface area contributed by atoms with Crippen LogP contribution in [0.4, 0.5) is 13.2 Å². The molecule has 0 saturated carbocycles. The molecule has 0 aliphatic rings. The molecular formula is C10H10BrF3O2. The molecule has 16 heavy (non-hydrogen) atoms. The van der Waals surface area contributed by atoms with Crippen molar-refractivity contribution in [2.24, 2.45) is 0 Å². The molecule has 0 fully saturated rings. The molecule has 0 bridgehead atoms. The summed E-state index contributed by atoms with van der Waals surface area (Å²) in [5.74, 6) is 0.530. The number of hydrogen-bond donors (Lipinski definition) is 0. The smallest absolute Gasteiger partial charge is 0.491 e. The maximum Gasteiger partial charge on any atom is 0.522 e. The second kappa shape index (κ2) is 6.10. The van der Waals surface area contributed by atoms with E-state index in [1.54, 1.807) is 18.2 Å². The van der Waals surface area contributed by atoms with Crippen molar-refractivity contribution >= 4 is 15.9 Å². The van der Waals surface area contributed by atoms with Gasteiger partial charge in [0.15, 0.2) is 0 Å². The fourth-order valence-electron chi connectivity index (χ4n) is 1.04. The Bertz CT molecular complexity index is 328. The van der Waals surface area contributed by atoms with Crippen LogP contribution in [0.1, 0.15) is 5.56 Å². The van der Waals surface area contributed by atoms with E-state index in [4.69, 9.17) is 4.74 Å². The summed E-state index contributed by atoms with van der Waals surface area (Å²) in [6.45, 7) is -0.646. The van der Waals surface area contributed by atoms with Crippen molar-refractivity contribution in [3.05, 3.63) is 29.8 Å². The lowest BCUT2D eigenvalue weighted by molar-refractivity contribution is -0.325. The fourth-order valence-corrected chi connectivity index (χ4v) is 1.38. The first-order valence-corrected chi connectivity index (χ1v) is 5.62. The second-order valence-corrected chi connectivity index (χ2v) is 3.48. The Morgan fingerprint density at radius 1 is 1.19 bits per heavy atom. The zero-order chi connectivity index (χ0) is 12.0. The first kappa shape index (κ1) is 13.3. The number of rotatable bonds is 5. The molecule has 0 heterocycles. The number of halogens is 4. The van der Waals surface area contributed by atoms with Crippen LogP contribution in [0, 0.1) is 0 Å². The Balaban J connectivity index is 2.32. The number of hydrogen-bond acceptors (Lipinski definition) is 2. The van der Waals surface area contributed by atoms with Crippen LogP contribution < -0.4 is 4.74 Å². The average molecular weight is 299 g/mol. The van der Waals surface area contributed by atoms with E-state index in [9.17, 15) is 13.2 Å². The summed E-state index contributed by atoms with van der Waals surface area (Å²) in [5.41, 5.74) is 0.995. The molecule has 1 aromatic rings. The summed E-state index contributed by atoms with van der Waals surface area (Å²) in [4.78, 5) is 0. The van der Waals surface area contributed by atoms with E-state index in [0.29, 0.717) is 11.1 Å². The predicted molar refractivity (Wildman–Crippen MR) is 56.6 cm³/mol. The molecule has 1 aromatic carbocycles. The van der Waals surface area contributed by atoms with Crippen LogP contribution in [0.5, 0.6) is 5.75 Å². The highest BCUT2D eigenvalue weighted by atomic mass is 79.9. The van der Waals surface area contributed by atoms with Crippen LogP contribution in [0.15, 0.2) is 24.3 Å². The number of alkyl halides is 4. The predicted octanol–water partition coefficient (Wildman–Crippen LogP) is 3.50. The van der Waals surface area contributed by atoms with Crippen molar-refractivity contribution in [1.82, 2.24) is 0 Å². The van der Waals surface area contributed by atoms with Gasteiger partial charge in [0.05, 0.1) is 6.61 Å². The molecule has 0 aliphatic carbocycles. The molecule has 0 aromatic heterocycles. The van der Waals surface area contributed by atoms with E-state index in [2.05, 4.69) is 20.7 Å². The van der Waals surface area contributed by atoms with Crippen molar-refractivity contribution in [3.63, 3.8) is 0 Å². The summed E-state index contributed by atoms with van der Waals surface area (Å²) < 4.78 is 43.5. The minimum Gasteiger partial charge on any atom is -0.491 e. The van der Waals surface area contributed by atoms with Gasteiger partial charge in [0.1, 0.15) is 12.4 Å². The molecule has 6 heteroatoms. The van der Waals surface area contributed by atoms with Crippen molar-refractivity contribution in [2.45, 2.75) is 11.7 Å². The molecule has 0 atom stereocenters. The molecule has 0 radical (unpaired) electrons. The molecule has 0 amide bonds. The molecule has 90 valence electrons. The minimum absolute atomic E-state index is 0.134. The molecule has 0 unspecified atom stereocenters. The monoisotopic (exact) mass is 298 g/mol. The molecular weight excluding hydrogens is 289 g/mol. The van der Waals surface area contributed by atoms with Gasteiger partial charge in [0.25, 0.3) is 0 Å². The van der Waals surface area contributed by atoms with Crippen molar-refractivity contribution in [2.75, 3.05) is 13.2 Å². The van der Waals surface area contributed by atoms with Crippen molar-refractivity contribution < 1.29 is 22.6 Å². The van der Waals surface area contributed by atoms with Gasteiger partial charge in [0.2, 0.25) is 0 Å². The topological polar surface area (TPSA) is 18.5 Å². The van der Waals surface area contributed by atoms with Crippen molar-refractivity contribution in [1.29, 1.82) is 0 Å². The lowest BCUT2D eigenvalue weighted by atomic mass is 10.2. The zero-order valence-corrected chi connectivity index (χ0v) is 9.85. The third kappa shape index (κ3) is 5.37. The maximum atomic E-state index is 11.6. The Morgan fingerprint density at radius 2 is 1.94 bits per heavy atom. The van der Waals surface area contributed by atoms with E-state index in [0.717, 1.165) is 5.56 Å². The Labute approximate surface area is 99.5 Å². The molecule has 1 rings (SSSR count). The van der Waals surface area contributed by atoms with E-state index in [-0.39, 0.29) is 6.61 Å². The summed E-state index contributed by atoms with van der Waals surface area (Å²) in [6, 6.07) is 7.09. The van der Waals surface area contributed by atoms with Gasteiger partial charge in [-0.15, -0.1) is 13.2 Å². The van der Waals surface area contributed by atoms with Crippen LogP contribution in [-0.2, 0) is 10.1 Å². The molecule has 0 saturated heterocycles. The lowest BCUT2D eigenvalue weighted by Gasteiger charge is -2.09. The largest absolute Gasteiger partial charge is 0.522 e. The van der Waals surface area contributed by atoms with Crippen LogP contribution in [-0.4, -0.2) is 19.6 Å². The van der Waals surface area contributed by atoms with Crippen LogP contribution in [0.3, 0.4) is 0 Å². The summed E-state index contributed by atoms with van der Waals surface area (Å²) in [7, 11) is 0. The molecule has 2 nitrogen and oxygen atoms in total. The highest BCUT2D eigenvalue weighted by Gasteiger charge is 2.28. The molecule has 0 aliphatic heterocycles. The Morgan fingerprint density at radius 3 is 2.56 bits per heavy atom. The van der Waals surface area contributed by atoms with E-state index in [1.807, 2.05) is 6.07 Å². The van der Waals surface area contributed by atoms with Gasteiger partial charge < -0.3 is 4.74 Å². The quantitative estimate of drug-likeness (QED) is 0.612. The van der Waals surface area contributed by atoms with E-state index < -0.39 is 13.0 Å². The van der Waals surface area contributed by atoms with Crippen LogP contribution >= 0.6 is 15.9 Å². The van der Waals surface area contributed by atoms with Gasteiger partial charge in [-0.2, -0.15) is 0 Å². The summed E-state index contributed by atoms with van der Waals surface area (Å²) in [5, 5.41) is 0.670. The molecule has 0 N–H and O–H groups in total. The number of ether oxygens (including phenoxy) is 2. The zero-order valence-electron chi connectivity index (χ0n) is 8.26. The first-order valence-electron chi connectivity index (χ1n) is 4.49. The van der Waals surface area contributed by atoms with Crippen molar-refractivity contribution in [3.8, 4) is 5.75 Å². The fraction of sp³-hybridized carbons (Fsp3) is 0.400. The van der Waals surface area contributed by atoms with E-state index >= 15 is 0 Å². The highest BCUT2D eigenvalue weighted by Crippen LogP contribution is 2.17. The first-order chi connectivity index (χ1) is 7.51. The maximum absolute atomic E-state index is 11.6. The second-order valence-electron chi connectivity index (χ2n) is 2.92. The van der Waals surface area contributed by atoms with Gasteiger partial charge in [0, 0.05) is 5.33 Å². The Hall–Kier alpha value is -0.750. The van der Waals surface area contributed by atoms with Gasteiger partial charge in [-0.1, -0.05) is 28.1 Å². The van der Waals surface area contributed by atoms with Crippen LogP contribution in [0.2, 0.25) is 0 Å². The standard InChI is InChI=1S/C10H10BrF3O2/c11-7-8-2-1-3-9(6-8)15-4-5-16-10(12,13)14/h1-3,6H,4-5,7H2. The van der Waals surface area contributed by atoms with Gasteiger partial charge in [-0.05, 0) is 17.7 Å². The Kier molecular flexibility index (Phi) is 5.08. The van der Waals surface area contributed by atoms with E-state index in [1.165, 1.54) is 0 Å². The summed E-state index contributed by atoms with van der Waals surface area (Å²) >= 11 is 3.27.